The molecule has 206 valence electrons. The number of esters is 1. The summed E-state index contributed by atoms with van der Waals surface area (Å²) in [6.07, 6.45) is -3.79. The fourth-order valence-corrected chi connectivity index (χ4v) is 7.63. The summed E-state index contributed by atoms with van der Waals surface area (Å²) >= 11 is 0. The molecule has 1 spiro atoms. The Hall–Kier alpha value is -2.29. The molecule has 2 aromatic carbocycles. The lowest BCUT2D eigenvalue weighted by Gasteiger charge is -2.64. The lowest BCUT2D eigenvalue weighted by Crippen LogP contribution is -2.78. The zero-order chi connectivity index (χ0) is 27.3. The Bertz CT molecular complexity index is 1120. The lowest BCUT2D eigenvalue weighted by molar-refractivity contribution is -0.324. The minimum absolute atomic E-state index is 0.225. The van der Waals surface area contributed by atoms with Crippen LogP contribution >= 0.6 is 0 Å². The second-order valence-electron chi connectivity index (χ2n) is 12.0. The largest absolute Gasteiger partial charge is 0.459 e. The van der Waals surface area contributed by atoms with Crippen LogP contribution < -0.4 is 0 Å². The van der Waals surface area contributed by atoms with E-state index in [1.807, 2.05) is 88.4 Å². The second kappa shape index (κ2) is 10.0. The van der Waals surface area contributed by atoms with Crippen LogP contribution in [0, 0.1) is 17.3 Å². The number of hydrogen-bond donors (Lipinski definition) is 2. The van der Waals surface area contributed by atoms with Crippen molar-refractivity contribution in [2.24, 2.45) is 17.3 Å². The van der Waals surface area contributed by atoms with Crippen LogP contribution in [-0.2, 0) is 37.0 Å². The number of aliphatic hydroxyl groups excluding tert-OH is 2. The van der Waals surface area contributed by atoms with Gasteiger partial charge < -0.3 is 29.2 Å². The minimum Gasteiger partial charge on any atom is -0.459 e. The third kappa shape index (κ3) is 4.20. The van der Waals surface area contributed by atoms with Gasteiger partial charge in [-0.2, -0.15) is 0 Å². The monoisotopic (exact) mass is 524 g/mol. The summed E-state index contributed by atoms with van der Waals surface area (Å²) in [5, 5.41) is 22.8. The van der Waals surface area contributed by atoms with Crippen LogP contribution in [0.2, 0.25) is 0 Å². The molecule has 3 aliphatic rings. The Kier molecular flexibility index (Phi) is 7.20. The number of hydrogen-bond acceptors (Lipinski definition) is 7. The number of carbonyl (C=O) groups excluding carboxylic acids is 1. The molecule has 2 unspecified atom stereocenters. The zero-order valence-electron chi connectivity index (χ0n) is 22.9. The van der Waals surface area contributed by atoms with Crippen molar-refractivity contribution in [3.63, 3.8) is 0 Å². The molecule has 2 N–H and O–H groups in total. The van der Waals surface area contributed by atoms with Crippen LogP contribution in [0.1, 0.15) is 52.2 Å². The summed E-state index contributed by atoms with van der Waals surface area (Å²) in [5.74, 6) is -1.01. The third-order valence-electron chi connectivity index (χ3n) is 9.23. The van der Waals surface area contributed by atoms with Crippen LogP contribution in [0.3, 0.4) is 0 Å². The van der Waals surface area contributed by atoms with Gasteiger partial charge in [-0.05, 0) is 37.3 Å². The number of ether oxygens (including phenoxy) is 4. The number of rotatable bonds is 7. The standard InChI is InChI=1S/C31H40O7/c1-19-16-23(33)26(34)30(5)28(36-18-22-14-10-7-11-15-22)25(35-17-21-12-8-6-9-13-21)24-27(37-20(2)32)31(19,30)38-29(24,3)4/h6-15,19,23-28,33-34H,16-18H2,1-5H3/t19-,23+,24?,25-,26+,27-,28-,30+,31?/m1/s1. The Labute approximate surface area is 225 Å². The Morgan fingerprint density at radius 2 is 1.47 bits per heavy atom. The average molecular weight is 525 g/mol. The lowest BCUT2D eigenvalue weighted by atomic mass is 9.47. The molecule has 7 heteroatoms. The molecule has 5 rings (SSSR count). The fraction of sp³-hybridized carbons (Fsp3) is 0.581. The maximum Gasteiger partial charge on any atom is 0.303 e. The molecule has 1 heterocycles. The van der Waals surface area contributed by atoms with Gasteiger partial charge in [0, 0.05) is 6.92 Å². The van der Waals surface area contributed by atoms with Crippen LogP contribution in [-0.4, -0.2) is 57.9 Å². The van der Waals surface area contributed by atoms with Gasteiger partial charge in [-0.3, -0.25) is 4.79 Å². The van der Waals surface area contributed by atoms with Gasteiger partial charge in [0.25, 0.3) is 0 Å². The smallest absolute Gasteiger partial charge is 0.303 e. The van der Waals surface area contributed by atoms with Crippen LogP contribution in [0.25, 0.3) is 0 Å². The van der Waals surface area contributed by atoms with Gasteiger partial charge in [-0.25, -0.2) is 0 Å². The van der Waals surface area contributed by atoms with E-state index in [0.717, 1.165) is 11.1 Å². The summed E-state index contributed by atoms with van der Waals surface area (Å²) in [6, 6.07) is 19.7. The van der Waals surface area contributed by atoms with Crippen molar-refractivity contribution >= 4 is 5.97 Å². The molecular formula is C31H40O7. The van der Waals surface area contributed by atoms with Gasteiger partial charge in [-0.1, -0.05) is 74.5 Å². The average Bonchev–Trinajstić information content (AvgIpc) is 3.08. The number of benzene rings is 2. The molecule has 1 aliphatic heterocycles. The topological polar surface area (TPSA) is 94.5 Å². The molecule has 2 aliphatic carbocycles. The van der Waals surface area contributed by atoms with E-state index in [1.165, 1.54) is 6.92 Å². The van der Waals surface area contributed by atoms with Gasteiger partial charge in [0.2, 0.25) is 0 Å². The van der Waals surface area contributed by atoms with Crippen molar-refractivity contribution in [2.75, 3.05) is 0 Å². The van der Waals surface area contributed by atoms with E-state index in [2.05, 4.69) is 0 Å². The molecule has 2 bridgehead atoms. The number of carbonyl (C=O) groups is 1. The molecule has 2 aromatic rings. The van der Waals surface area contributed by atoms with Gasteiger partial charge in [0.15, 0.2) is 0 Å². The first-order valence-corrected chi connectivity index (χ1v) is 13.6. The summed E-state index contributed by atoms with van der Waals surface area (Å²) in [5.41, 5.74) is -1.01. The van der Waals surface area contributed by atoms with E-state index in [1.54, 1.807) is 0 Å². The summed E-state index contributed by atoms with van der Waals surface area (Å²) < 4.78 is 26.5. The molecule has 0 amide bonds. The van der Waals surface area contributed by atoms with Gasteiger partial charge in [-0.15, -0.1) is 0 Å². The van der Waals surface area contributed by atoms with E-state index >= 15 is 0 Å². The van der Waals surface area contributed by atoms with Crippen LogP contribution in [0.5, 0.6) is 0 Å². The molecule has 38 heavy (non-hydrogen) atoms. The van der Waals surface area contributed by atoms with Gasteiger partial charge in [0.05, 0.1) is 54.6 Å². The van der Waals surface area contributed by atoms with Crippen LogP contribution in [0.4, 0.5) is 0 Å². The molecule has 7 nitrogen and oxygen atoms in total. The van der Waals surface area contributed by atoms with Crippen molar-refractivity contribution < 1.29 is 34.0 Å². The molecule has 3 fully saturated rings. The zero-order valence-corrected chi connectivity index (χ0v) is 22.9. The molecule has 0 aromatic heterocycles. The van der Waals surface area contributed by atoms with Crippen molar-refractivity contribution in [1.29, 1.82) is 0 Å². The predicted octanol–water partition coefficient (Wildman–Crippen LogP) is 4.03. The highest BCUT2D eigenvalue weighted by molar-refractivity contribution is 5.66. The summed E-state index contributed by atoms with van der Waals surface area (Å²) in [4.78, 5) is 12.5. The molecule has 2 saturated carbocycles. The summed E-state index contributed by atoms with van der Waals surface area (Å²) in [6.45, 7) is 9.90. The first-order chi connectivity index (χ1) is 18.0. The Balaban J connectivity index is 1.64. The Morgan fingerprint density at radius 1 is 0.921 bits per heavy atom. The highest BCUT2D eigenvalue weighted by Gasteiger charge is 2.81. The first kappa shape index (κ1) is 27.3. The minimum atomic E-state index is -1.18. The summed E-state index contributed by atoms with van der Waals surface area (Å²) in [7, 11) is 0. The fourth-order valence-electron chi connectivity index (χ4n) is 7.63. The van der Waals surface area contributed by atoms with E-state index in [0.29, 0.717) is 19.6 Å². The number of fused-ring (bicyclic) bond motifs is 1. The van der Waals surface area contributed by atoms with E-state index in [4.69, 9.17) is 18.9 Å². The normalized spacial score (nSPS) is 39.4. The highest BCUT2D eigenvalue weighted by atomic mass is 16.6. The molecule has 1 saturated heterocycles. The van der Waals surface area contributed by atoms with E-state index < -0.39 is 53.1 Å². The van der Waals surface area contributed by atoms with Crippen molar-refractivity contribution in [1.82, 2.24) is 0 Å². The maximum atomic E-state index is 12.5. The van der Waals surface area contributed by atoms with Crippen molar-refractivity contribution in [3.8, 4) is 0 Å². The van der Waals surface area contributed by atoms with Gasteiger partial charge >= 0.3 is 5.97 Å². The molecular weight excluding hydrogens is 484 g/mol. The van der Waals surface area contributed by atoms with Gasteiger partial charge in [0.1, 0.15) is 11.7 Å². The SMILES string of the molecule is CC(=O)O[C@@H]1C2[C@@H](OCc3ccccc3)[C@@H](OCc3ccccc3)[C@]3(C)[C@@H](O)[C@@H](O)C[C@@H](C)C13OC2(C)C. The third-order valence-corrected chi connectivity index (χ3v) is 9.23. The highest BCUT2D eigenvalue weighted by Crippen LogP contribution is 2.67. The molecule has 0 radical (unpaired) electrons. The second-order valence-corrected chi connectivity index (χ2v) is 12.0. The van der Waals surface area contributed by atoms with Crippen LogP contribution in [0.15, 0.2) is 60.7 Å². The van der Waals surface area contributed by atoms with E-state index in [-0.39, 0.29) is 11.8 Å². The number of aliphatic hydroxyl groups is 2. The van der Waals surface area contributed by atoms with E-state index in [9.17, 15) is 15.0 Å². The molecule has 9 atom stereocenters. The van der Waals surface area contributed by atoms with Crippen molar-refractivity contribution in [3.05, 3.63) is 71.8 Å². The quantitative estimate of drug-likeness (QED) is 0.528. The predicted molar refractivity (Wildman–Crippen MR) is 141 cm³/mol. The van der Waals surface area contributed by atoms with Crippen molar-refractivity contribution in [2.45, 2.75) is 96.0 Å². The maximum absolute atomic E-state index is 12.5. The Morgan fingerprint density at radius 3 is 2.03 bits per heavy atom. The first-order valence-electron chi connectivity index (χ1n) is 13.6.